The summed E-state index contributed by atoms with van der Waals surface area (Å²) in [5.74, 6) is 0. The number of hydrogen-bond donors (Lipinski definition) is 1. The summed E-state index contributed by atoms with van der Waals surface area (Å²) in [5.41, 5.74) is 3.34. The van der Waals surface area contributed by atoms with E-state index < -0.39 is 0 Å². The molecule has 0 fully saturated rings. The van der Waals surface area contributed by atoms with Gasteiger partial charge in [-0.1, -0.05) is 18.5 Å². The number of nitrogens with one attached hydrogen (secondary N) is 1. The molecule has 1 atom stereocenters. The van der Waals surface area contributed by atoms with Crippen LogP contribution < -0.4 is 5.32 Å². The third-order valence-electron chi connectivity index (χ3n) is 3.33. The molecule has 0 saturated carbocycles. The second-order valence-electron chi connectivity index (χ2n) is 5.14. The molecule has 20 heavy (non-hydrogen) atoms. The van der Waals surface area contributed by atoms with Crippen molar-refractivity contribution >= 4 is 11.6 Å². The molecule has 2 aromatic rings. The normalized spacial score (nSPS) is 12.9. The third-order valence-corrected chi connectivity index (χ3v) is 3.62. The van der Waals surface area contributed by atoms with Crippen LogP contribution in [0.5, 0.6) is 0 Å². The van der Waals surface area contributed by atoms with Gasteiger partial charge in [-0.3, -0.25) is 9.67 Å². The predicted octanol–water partition coefficient (Wildman–Crippen LogP) is 3.52. The van der Waals surface area contributed by atoms with Crippen LogP contribution in [0, 0.1) is 6.92 Å². The highest BCUT2D eigenvalue weighted by Gasteiger charge is 2.23. The van der Waals surface area contributed by atoms with Gasteiger partial charge in [0.05, 0.1) is 23.0 Å². The maximum Gasteiger partial charge on any atom is 0.0837 e. The second-order valence-corrected chi connectivity index (χ2v) is 5.55. The topological polar surface area (TPSA) is 42.7 Å². The molecule has 4 nitrogen and oxygen atoms in total. The summed E-state index contributed by atoms with van der Waals surface area (Å²) in [4.78, 5) is 4.17. The molecule has 0 aromatic carbocycles. The van der Waals surface area contributed by atoms with Crippen LogP contribution >= 0.6 is 11.6 Å². The number of aromatic nitrogens is 3. The summed E-state index contributed by atoms with van der Waals surface area (Å²) < 4.78 is 1.98. The first kappa shape index (κ1) is 15.0. The van der Waals surface area contributed by atoms with Crippen molar-refractivity contribution in [1.29, 1.82) is 0 Å². The molecular weight excluding hydrogens is 272 g/mol. The zero-order valence-corrected chi connectivity index (χ0v) is 13.1. The van der Waals surface area contributed by atoms with Crippen molar-refractivity contribution in [3.8, 4) is 0 Å². The molecule has 2 heterocycles. The lowest BCUT2D eigenvalue weighted by molar-refractivity contribution is 0.475. The van der Waals surface area contributed by atoms with E-state index >= 15 is 0 Å². The first-order valence-electron chi connectivity index (χ1n) is 6.93. The van der Waals surface area contributed by atoms with E-state index in [1.807, 2.05) is 23.1 Å². The van der Waals surface area contributed by atoms with Gasteiger partial charge in [0, 0.05) is 18.4 Å². The molecule has 0 bridgehead atoms. The Morgan fingerprint density at radius 3 is 2.70 bits per heavy atom. The smallest absolute Gasteiger partial charge is 0.0837 e. The molecule has 1 N–H and O–H groups in total. The van der Waals surface area contributed by atoms with Gasteiger partial charge in [0.15, 0.2) is 0 Å². The van der Waals surface area contributed by atoms with Crippen LogP contribution in [0.2, 0.25) is 5.02 Å². The molecule has 0 amide bonds. The zero-order chi connectivity index (χ0) is 14.7. The lowest BCUT2D eigenvalue weighted by Crippen LogP contribution is -2.26. The van der Waals surface area contributed by atoms with Crippen molar-refractivity contribution in [2.45, 2.75) is 39.8 Å². The summed E-state index contributed by atoms with van der Waals surface area (Å²) in [6.45, 7) is 9.22. The minimum Gasteiger partial charge on any atom is -0.305 e. The van der Waals surface area contributed by atoms with Crippen molar-refractivity contribution in [3.05, 3.63) is 46.5 Å². The molecule has 0 aliphatic heterocycles. The Labute approximate surface area is 125 Å². The van der Waals surface area contributed by atoms with Crippen molar-refractivity contribution in [2.75, 3.05) is 6.54 Å². The minimum absolute atomic E-state index is 0.0281. The van der Waals surface area contributed by atoms with Crippen LogP contribution in [0.25, 0.3) is 0 Å². The highest BCUT2D eigenvalue weighted by atomic mass is 35.5. The standard InChI is InChI=1S/C15H21ClN4/c1-5-18-14(12-6-7-17-8-11(12)4)15-13(16)9-19-20(15)10(2)3/h6-10,14,18H,5H2,1-4H3. The molecule has 0 radical (unpaired) electrons. The predicted molar refractivity (Wildman–Crippen MR) is 82.1 cm³/mol. The fourth-order valence-electron chi connectivity index (χ4n) is 2.40. The van der Waals surface area contributed by atoms with Gasteiger partial charge in [-0.15, -0.1) is 0 Å². The lowest BCUT2D eigenvalue weighted by atomic mass is 10.00. The minimum atomic E-state index is 0.0281. The maximum absolute atomic E-state index is 6.38. The van der Waals surface area contributed by atoms with Crippen molar-refractivity contribution < 1.29 is 0 Å². The number of pyridine rings is 1. The number of halogens is 1. The van der Waals surface area contributed by atoms with Gasteiger partial charge >= 0.3 is 0 Å². The van der Waals surface area contributed by atoms with Crippen molar-refractivity contribution in [3.63, 3.8) is 0 Å². The molecule has 0 spiro atoms. The Bertz CT molecular complexity index is 577. The summed E-state index contributed by atoms with van der Waals surface area (Å²) in [5, 5.41) is 8.60. The molecule has 2 rings (SSSR count). The van der Waals surface area contributed by atoms with Gasteiger partial charge in [0.1, 0.15) is 0 Å². The average Bonchev–Trinajstić information content (AvgIpc) is 2.79. The monoisotopic (exact) mass is 292 g/mol. The Morgan fingerprint density at radius 1 is 1.35 bits per heavy atom. The van der Waals surface area contributed by atoms with Crippen LogP contribution in [0.4, 0.5) is 0 Å². The summed E-state index contributed by atoms with van der Waals surface area (Å²) in [6.07, 6.45) is 5.41. The maximum atomic E-state index is 6.38. The fraction of sp³-hybridized carbons (Fsp3) is 0.467. The molecule has 0 aliphatic carbocycles. The highest BCUT2D eigenvalue weighted by Crippen LogP contribution is 2.31. The lowest BCUT2D eigenvalue weighted by Gasteiger charge is -2.23. The van der Waals surface area contributed by atoms with E-state index in [1.165, 1.54) is 5.56 Å². The first-order chi connectivity index (χ1) is 9.56. The van der Waals surface area contributed by atoms with E-state index in [1.54, 1.807) is 6.20 Å². The summed E-state index contributed by atoms with van der Waals surface area (Å²) in [7, 11) is 0. The van der Waals surface area contributed by atoms with Crippen LogP contribution in [-0.4, -0.2) is 21.3 Å². The third kappa shape index (κ3) is 2.86. The largest absolute Gasteiger partial charge is 0.305 e. The Kier molecular flexibility index (Phi) is 4.78. The summed E-state index contributed by atoms with van der Waals surface area (Å²) >= 11 is 6.38. The van der Waals surface area contributed by atoms with Crippen LogP contribution in [0.1, 0.15) is 49.7 Å². The van der Waals surface area contributed by atoms with Gasteiger partial charge in [-0.25, -0.2) is 0 Å². The fourth-order valence-corrected chi connectivity index (χ4v) is 2.64. The zero-order valence-electron chi connectivity index (χ0n) is 12.4. The van der Waals surface area contributed by atoms with E-state index in [0.717, 1.165) is 17.8 Å². The summed E-state index contributed by atoms with van der Waals surface area (Å²) in [6, 6.07) is 2.33. The van der Waals surface area contributed by atoms with Crippen LogP contribution in [0.15, 0.2) is 24.7 Å². The molecule has 1 unspecified atom stereocenters. The van der Waals surface area contributed by atoms with Gasteiger partial charge < -0.3 is 5.32 Å². The molecule has 5 heteroatoms. The number of rotatable bonds is 5. The van der Waals surface area contributed by atoms with E-state index in [0.29, 0.717) is 5.02 Å². The number of nitrogens with zero attached hydrogens (tertiary/aromatic N) is 3. The van der Waals surface area contributed by atoms with E-state index in [4.69, 9.17) is 11.6 Å². The Hall–Kier alpha value is -1.39. The van der Waals surface area contributed by atoms with Crippen LogP contribution in [-0.2, 0) is 0 Å². The van der Waals surface area contributed by atoms with Crippen LogP contribution in [0.3, 0.4) is 0 Å². The van der Waals surface area contributed by atoms with Gasteiger partial charge in [-0.05, 0) is 44.5 Å². The molecular formula is C15H21ClN4. The molecule has 2 aromatic heterocycles. The van der Waals surface area contributed by atoms with Crippen molar-refractivity contribution in [1.82, 2.24) is 20.1 Å². The van der Waals surface area contributed by atoms with Gasteiger partial charge in [-0.2, -0.15) is 5.10 Å². The first-order valence-corrected chi connectivity index (χ1v) is 7.30. The second kappa shape index (κ2) is 6.37. The SMILES string of the molecule is CCNC(c1ccncc1C)c1c(Cl)cnn1C(C)C. The Balaban J connectivity index is 2.55. The average molecular weight is 293 g/mol. The van der Waals surface area contributed by atoms with Gasteiger partial charge in [0.25, 0.3) is 0 Å². The van der Waals surface area contributed by atoms with E-state index in [2.05, 4.69) is 43.1 Å². The Morgan fingerprint density at radius 2 is 2.10 bits per heavy atom. The van der Waals surface area contributed by atoms with Crippen molar-refractivity contribution in [2.24, 2.45) is 0 Å². The number of hydrogen-bond acceptors (Lipinski definition) is 3. The molecule has 0 aliphatic rings. The number of aryl methyl sites for hydroxylation is 1. The van der Waals surface area contributed by atoms with Gasteiger partial charge in [0.2, 0.25) is 0 Å². The molecule has 0 saturated heterocycles. The quantitative estimate of drug-likeness (QED) is 0.917. The van der Waals surface area contributed by atoms with E-state index in [-0.39, 0.29) is 12.1 Å². The highest BCUT2D eigenvalue weighted by molar-refractivity contribution is 6.31. The van der Waals surface area contributed by atoms with E-state index in [9.17, 15) is 0 Å². The molecule has 108 valence electrons.